The lowest BCUT2D eigenvalue weighted by molar-refractivity contribution is -0.137. The molecule has 1 atom stereocenters. The Kier molecular flexibility index (Phi) is 6.83. The molecule has 1 unspecified atom stereocenters. The van der Waals surface area contributed by atoms with Gasteiger partial charge in [0, 0.05) is 31.0 Å². The van der Waals surface area contributed by atoms with Crippen LogP contribution in [0.15, 0.2) is 79.0 Å². The molecule has 0 saturated carbocycles. The summed E-state index contributed by atoms with van der Waals surface area (Å²) in [5.41, 5.74) is 3.53. The van der Waals surface area contributed by atoms with Gasteiger partial charge in [0.2, 0.25) is 0 Å². The van der Waals surface area contributed by atoms with E-state index in [1.165, 1.54) is 12.1 Å². The molecule has 3 aromatic carbocycles. The van der Waals surface area contributed by atoms with Gasteiger partial charge in [0.15, 0.2) is 5.69 Å². The van der Waals surface area contributed by atoms with Gasteiger partial charge in [-0.2, -0.15) is 18.3 Å². The standard InChI is InChI=1S/C31H28F3N3O3/c1-20-7-12-27(40-19-21-5-3-2-4-6-21)26(17-20)36-18-25-28(35-36)30(38)37(24-13-15-39-16-14-24)29(25)22-8-10-23(11-9-22)31(32,33)34/h2-12,17-18,24,29H,13-16,19H2,1H3. The fourth-order valence-corrected chi connectivity index (χ4v) is 5.46. The maximum atomic E-state index is 13.8. The number of alkyl halides is 3. The van der Waals surface area contributed by atoms with Crippen LogP contribution in [-0.4, -0.2) is 39.8 Å². The molecule has 0 N–H and O–H groups in total. The second kappa shape index (κ2) is 10.5. The zero-order valence-electron chi connectivity index (χ0n) is 21.9. The molecule has 6 rings (SSSR count). The predicted octanol–water partition coefficient (Wildman–Crippen LogP) is 6.50. The summed E-state index contributed by atoms with van der Waals surface area (Å²) in [6.45, 7) is 3.38. The molecule has 0 aliphatic carbocycles. The van der Waals surface area contributed by atoms with Crippen LogP contribution in [0.5, 0.6) is 5.75 Å². The number of carbonyl (C=O) groups is 1. The van der Waals surface area contributed by atoms with Crippen molar-refractivity contribution < 1.29 is 27.4 Å². The molecular formula is C31H28F3N3O3. The smallest absolute Gasteiger partial charge is 0.416 e. The van der Waals surface area contributed by atoms with E-state index in [9.17, 15) is 18.0 Å². The first kappa shape index (κ1) is 26.1. The first-order valence-electron chi connectivity index (χ1n) is 13.2. The monoisotopic (exact) mass is 547 g/mol. The molecule has 206 valence electrons. The third kappa shape index (κ3) is 4.97. The topological polar surface area (TPSA) is 56.6 Å². The summed E-state index contributed by atoms with van der Waals surface area (Å²) >= 11 is 0. The van der Waals surface area contributed by atoms with Crippen LogP contribution in [0.2, 0.25) is 0 Å². The summed E-state index contributed by atoms with van der Waals surface area (Å²) in [5, 5.41) is 4.71. The molecule has 0 spiro atoms. The Morgan fingerprint density at radius 1 is 1.00 bits per heavy atom. The normalized spacial score (nSPS) is 17.8. The fourth-order valence-electron chi connectivity index (χ4n) is 5.46. The van der Waals surface area contributed by atoms with Crippen molar-refractivity contribution in [3.8, 4) is 11.4 Å². The van der Waals surface area contributed by atoms with E-state index in [0.717, 1.165) is 23.3 Å². The van der Waals surface area contributed by atoms with Crippen LogP contribution in [0.4, 0.5) is 13.2 Å². The van der Waals surface area contributed by atoms with E-state index < -0.39 is 17.8 Å². The minimum absolute atomic E-state index is 0.0973. The number of nitrogens with zero attached hydrogens (tertiary/aromatic N) is 3. The summed E-state index contributed by atoms with van der Waals surface area (Å²) < 4.78 is 53.2. The Morgan fingerprint density at radius 2 is 1.73 bits per heavy atom. The Morgan fingerprint density at radius 3 is 2.42 bits per heavy atom. The second-order valence-electron chi connectivity index (χ2n) is 10.2. The van der Waals surface area contributed by atoms with Crippen molar-refractivity contribution in [2.24, 2.45) is 0 Å². The summed E-state index contributed by atoms with van der Waals surface area (Å²) in [4.78, 5) is 15.6. The highest BCUT2D eigenvalue weighted by Gasteiger charge is 2.45. The lowest BCUT2D eigenvalue weighted by Crippen LogP contribution is -2.42. The number of aromatic nitrogens is 2. The van der Waals surface area contributed by atoms with Gasteiger partial charge in [0.1, 0.15) is 18.0 Å². The number of hydrogen-bond donors (Lipinski definition) is 0. The molecule has 2 aliphatic rings. The van der Waals surface area contributed by atoms with Crippen molar-refractivity contribution in [3.63, 3.8) is 0 Å². The highest BCUT2D eigenvalue weighted by molar-refractivity contribution is 5.98. The van der Waals surface area contributed by atoms with Crippen LogP contribution in [-0.2, 0) is 17.5 Å². The number of carbonyl (C=O) groups excluding carboxylic acids is 1. The molecular weight excluding hydrogens is 519 g/mol. The van der Waals surface area contributed by atoms with Gasteiger partial charge in [0.05, 0.1) is 11.6 Å². The second-order valence-corrected chi connectivity index (χ2v) is 10.2. The maximum absolute atomic E-state index is 13.8. The third-order valence-corrected chi connectivity index (χ3v) is 7.49. The zero-order chi connectivity index (χ0) is 27.9. The van der Waals surface area contributed by atoms with Gasteiger partial charge in [-0.1, -0.05) is 48.5 Å². The number of aryl methyl sites for hydroxylation is 1. The summed E-state index contributed by atoms with van der Waals surface area (Å²) in [6.07, 6.45) is -1.33. The van der Waals surface area contributed by atoms with E-state index in [0.29, 0.717) is 60.9 Å². The Balaban J connectivity index is 1.39. The van der Waals surface area contributed by atoms with Crippen molar-refractivity contribution >= 4 is 5.91 Å². The summed E-state index contributed by atoms with van der Waals surface area (Å²) in [5.74, 6) is 0.375. The molecule has 2 aliphatic heterocycles. The van der Waals surface area contributed by atoms with E-state index in [1.807, 2.05) is 55.5 Å². The van der Waals surface area contributed by atoms with Gasteiger partial charge < -0.3 is 14.4 Å². The molecule has 0 bridgehead atoms. The van der Waals surface area contributed by atoms with E-state index in [1.54, 1.807) is 15.8 Å². The number of fused-ring (bicyclic) bond motifs is 1. The minimum Gasteiger partial charge on any atom is -0.487 e. The number of rotatable bonds is 6. The minimum atomic E-state index is -4.44. The summed E-state index contributed by atoms with van der Waals surface area (Å²) in [6, 6.07) is 20.0. The van der Waals surface area contributed by atoms with Gasteiger partial charge in [-0.25, -0.2) is 4.68 Å². The molecule has 6 nitrogen and oxygen atoms in total. The van der Waals surface area contributed by atoms with Crippen LogP contribution >= 0.6 is 0 Å². The molecule has 1 aromatic heterocycles. The molecule has 9 heteroatoms. The number of halogens is 3. The zero-order valence-corrected chi connectivity index (χ0v) is 21.9. The first-order valence-corrected chi connectivity index (χ1v) is 13.2. The molecule has 0 radical (unpaired) electrons. The largest absolute Gasteiger partial charge is 0.487 e. The third-order valence-electron chi connectivity index (χ3n) is 7.49. The van der Waals surface area contributed by atoms with Gasteiger partial charge in [-0.05, 0) is 60.7 Å². The lowest BCUT2D eigenvalue weighted by atomic mass is 9.97. The van der Waals surface area contributed by atoms with E-state index in [4.69, 9.17) is 14.6 Å². The van der Waals surface area contributed by atoms with Gasteiger partial charge in [-0.3, -0.25) is 4.79 Å². The van der Waals surface area contributed by atoms with E-state index in [-0.39, 0.29) is 11.9 Å². The molecule has 40 heavy (non-hydrogen) atoms. The SMILES string of the molecule is Cc1ccc(OCc2ccccc2)c(-n2cc3c(n2)C(=O)N(C2CCOCC2)C3c2ccc(C(F)(F)F)cc2)c1. The molecule has 3 heterocycles. The number of hydrogen-bond acceptors (Lipinski definition) is 4. The maximum Gasteiger partial charge on any atom is 0.416 e. The van der Waals surface area contributed by atoms with Crippen LogP contribution in [0.3, 0.4) is 0 Å². The van der Waals surface area contributed by atoms with Crippen LogP contribution in [0, 0.1) is 6.92 Å². The van der Waals surface area contributed by atoms with Crippen LogP contribution in [0.1, 0.15) is 57.2 Å². The Hall–Kier alpha value is -4.11. The fraction of sp³-hybridized carbons (Fsp3) is 0.290. The Bertz CT molecular complexity index is 1510. The molecule has 4 aromatic rings. The van der Waals surface area contributed by atoms with Crippen molar-refractivity contribution in [1.82, 2.24) is 14.7 Å². The predicted molar refractivity (Wildman–Crippen MR) is 142 cm³/mol. The van der Waals surface area contributed by atoms with Gasteiger partial charge >= 0.3 is 6.18 Å². The van der Waals surface area contributed by atoms with E-state index in [2.05, 4.69) is 0 Å². The lowest BCUT2D eigenvalue weighted by Gasteiger charge is -2.36. The summed E-state index contributed by atoms with van der Waals surface area (Å²) in [7, 11) is 0. The van der Waals surface area contributed by atoms with Crippen LogP contribution < -0.4 is 4.74 Å². The van der Waals surface area contributed by atoms with Gasteiger partial charge in [0.25, 0.3) is 5.91 Å². The molecule has 1 saturated heterocycles. The quantitative estimate of drug-likeness (QED) is 0.277. The highest BCUT2D eigenvalue weighted by Crippen LogP contribution is 2.43. The van der Waals surface area contributed by atoms with Crippen molar-refractivity contribution in [1.29, 1.82) is 0 Å². The average molecular weight is 548 g/mol. The average Bonchev–Trinajstić information content (AvgIpc) is 3.51. The van der Waals surface area contributed by atoms with Crippen molar-refractivity contribution in [2.75, 3.05) is 13.2 Å². The van der Waals surface area contributed by atoms with Crippen molar-refractivity contribution in [2.45, 2.75) is 44.6 Å². The van der Waals surface area contributed by atoms with Crippen molar-refractivity contribution in [3.05, 3.63) is 113 Å². The number of amides is 1. The van der Waals surface area contributed by atoms with Crippen LogP contribution in [0.25, 0.3) is 5.69 Å². The number of ether oxygens (including phenoxy) is 2. The Labute approximate surface area is 229 Å². The van der Waals surface area contributed by atoms with E-state index >= 15 is 0 Å². The van der Waals surface area contributed by atoms with Gasteiger partial charge in [-0.15, -0.1) is 0 Å². The first-order chi connectivity index (χ1) is 19.3. The number of benzene rings is 3. The molecule has 1 fully saturated rings. The highest BCUT2D eigenvalue weighted by atomic mass is 19.4. The molecule has 1 amide bonds.